The van der Waals surface area contributed by atoms with Gasteiger partial charge in [0, 0.05) is 64.6 Å². The van der Waals surface area contributed by atoms with Gasteiger partial charge in [-0.05, 0) is 18.1 Å². The Morgan fingerprint density at radius 1 is 1.39 bits per heavy atom. The summed E-state index contributed by atoms with van der Waals surface area (Å²) in [7, 11) is 0. The predicted octanol–water partition coefficient (Wildman–Crippen LogP) is -0.0667. The predicted molar refractivity (Wildman–Crippen MR) is 85.6 cm³/mol. The van der Waals surface area contributed by atoms with Gasteiger partial charge in [-0.3, -0.25) is 19.6 Å². The zero-order chi connectivity index (χ0) is 16.0. The largest absolute Gasteiger partial charge is 0.392 e. The normalized spacial score (nSPS) is 30.3. The van der Waals surface area contributed by atoms with Crippen LogP contribution in [0.4, 0.5) is 0 Å². The molecule has 0 saturated carbocycles. The van der Waals surface area contributed by atoms with E-state index in [0.717, 1.165) is 45.7 Å². The van der Waals surface area contributed by atoms with Crippen molar-refractivity contribution in [2.24, 2.45) is 0 Å². The lowest BCUT2D eigenvalue weighted by molar-refractivity contribution is -0.154. The highest BCUT2D eigenvalue weighted by molar-refractivity contribution is 5.74. The molecule has 3 fully saturated rings. The number of hydrogen-bond donors (Lipinski definition) is 1. The van der Waals surface area contributed by atoms with E-state index in [2.05, 4.69) is 20.9 Å². The van der Waals surface area contributed by atoms with Gasteiger partial charge in [-0.2, -0.15) is 0 Å². The Morgan fingerprint density at radius 3 is 2.91 bits per heavy atom. The van der Waals surface area contributed by atoms with Gasteiger partial charge in [0.25, 0.3) is 0 Å². The number of aromatic nitrogens is 1. The lowest BCUT2D eigenvalue weighted by Crippen LogP contribution is -2.78. The lowest BCUT2D eigenvalue weighted by Gasteiger charge is -2.60. The monoisotopic (exact) mass is 316 g/mol. The Kier molecular flexibility index (Phi) is 3.63. The number of rotatable bonds is 2. The second-order valence-corrected chi connectivity index (χ2v) is 7.33. The summed E-state index contributed by atoms with van der Waals surface area (Å²) in [6.45, 7) is 6.78. The number of fused-ring (bicyclic) bond motifs is 2. The molecule has 1 aromatic rings. The summed E-state index contributed by atoms with van der Waals surface area (Å²) in [6.07, 6.45) is 4.32. The third-order valence-electron chi connectivity index (χ3n) is 5.53. The number of likely N-dealkylation sites (tertiary alicyclic amines) is 1. The molecule has 1 amide bonds. The average Bonchev–Trinajstić information content (AvgIpc) is 2.85. The van der Waals surface area contributed by atoms with Gasteiger partial charge in [0.05, 0.1) is 11.6 Å². The van der Waals surface area contributed by atoms with Crippen LogP contribution in [0.25, 0.3) is 0 Å². The summed E-state index contributed by atoms with van der Waals surface area (Å²) >= 11 is 0. The third-order valence-corrected chi connectivity index (χ3v) is 5.53. The molecular weight excluding hydrogens is 292 g/mol. The molecule has 4 rings (SSSR count). The minimum absolute atomic E-state index is 0.0221. The van der Waals surface area contributed by atoms with E-state index >= 15 is 0 Å². The molecule has 1 aromatic heterocycles. The van der Waals surface area contributed by atoms with Crippen LogP contribution in [0, 0.1) is 0 Å². The fourth-order valence-corrected chi connectivity index (χ4v) is 4.55. The topological polar surface area (TPSA) is 59.9 Å². The third kappa shape index (κ3) is 2.65. The number of piperazine rings is 1. The van der Waals surface area contributed by atoms with Crippen molar-refractivity contribution in [1.29, 1.82) is 0 Å². The first-order valence-electron chi connectivity index (χ1n) is 8.37. The number of aliphatic hydroxyl groups excluding tert-OH is 1. The second-order valence-electron chi connectivity index (χ2n) is 7.33. The molecule has 0 aromatic carbocycles. The zero-order valence-electron chi connectivity index (χ0n) is 13.6. The SMILES string of the molecule is CC(=O)N1CC2(CN(Cc3cccnc3)CC3CC(O)CN32)C1. The Labute approximate surface area is 136 Å². The Hall–Kier alpha value is -1.50. The number of hydrogen-bond acceptors (Lipinski definition) is 5. The van der Waals surface area contributed by atoms with Gasteiger partial charge in [0.1, 0.15) is 0 Å². The van der Waals surface area contributed by atoms with Crippen molar-refractivity contribution in [3.63, 3.8) is 0 Å². The molecule has 3 saturated heterocycles. The summed E-state index contributed by atoms with van der Waals surface area (Å²) in [5.74, 6) is 0.149. The number of β-amino-alcohol motifs (C(OH)–C–C–N with tert-alkyl or cyclic N) is 1. The molecule has 3 aliphatic heterocycles. The number of aliphatic hydroxyl groups is 1. The first-order valence-corrected chi connectivity index (χ1v) is 8.37. The van der Waals surface area contributed by atoms with E-state index in [1.807, 2.05) is 17.2 Å². The molecule has 4 heterocycles. The molecule has 6 heteroatoms. The van der Waals surface area contributed by atoms with E-state index in [-0.39, 0.29) is 17.6 Å². The van der Waals surface area contributed by atoms with Crippen LogP contribution in [0.5, 0.6) is 0 Å². The Balaban J connectivity index is 1.52. The fraction of sp³-hybridized carbons (Fsp3) is 0.647. The molecule has 0 bridgehead atoms. The van der Waals surface area contributed by atoms with Crippen molar-refractivity contribution in [2.45, 2.75) is 37.6 Å². The van der Waals surface area contributed by atoms with Gasteiger partial charge in [-0.25, -0.2) is 0 Å². The van der Waals surface area contributed by atoms with Gasteiger partial charge < -0.3 is 10.0 Å². The van der Waals surface area contributed by atoms with E-state index in [0.29, 0.717) is 6.04 Å². The molecule has 1 spiro atoms. The number of amides is 1. The highest BCUT2D eigenvalue weighted by Crippen LogP contribution is 2.39. The maximum atomic E-state index is 11.6. The molecule has 1 N–H and O–H groups in total. The highest BCUT2D eigenvalue weighted by atomic mass is 16.3. The summed E-state index contributed by atoms with van der Waals surface area (Å²) in [6, 6.07) is 4.48. The maximum absolute atomic E-state index is 11.6. The smallest absolute Gasteiger partial charge is 0.219 e. The molecule has 3 aliphatic rings. The minimum Gasteiger partial charge on any atom is -0.392 e. The van der Waals surface area contributed by atoms with Gasteiger partial charge in [-0.15, -0.1) is 0 Å². The van der Waals surface area contributed by atoms with Crippen LogP contribution in [0.1, 0.15) is 18.9 Å². The van der Waals surface area contributed by atoms with Crippen molar-refractivity contribution < 1.29 is 9.90 Å². The second kappa shape index (κ2) is 5.54. The summed E-state index contributed by atoms with van der Waals surface area (Å²) in [5.41, 5.74) is 1.24. The van der Waals surface area contributed by atoms with E-state index in [1.54, 1.807) is 13.1 Å². The molecule has 124 valence electrons. The molecule has 0 radical (unpaired) electrons. The number of carbonyl (C=O) groups is 1. The molecule has 23 heavy (non-hydrogen) atoms. The molecular formula is C17H24N4O2. The first-order chi connectivity index (χ1) is 11.1. The molecule has 6 nitrogen and oxygen atoms in total. The summed E-state index contributed by atoms with van der Waals surface area (Å²) in [4.78, 5) is 22.7. The van der Waals surface area contributed by atoms with Gasteiger partial charge >= 0.3 is 0 Å². The molecule has 0 aliphatic carbocycles. The van der Waals surface area contributed by atoms with Gasteiger partial charge in [0.2, 0.25) is 5.91 Å². The van der Waals surface area contributed by atoms with E-state index in [9.17, 15) is 9.90 Å². The van der Waals surface area contributed by atoms with Gasteiger partial charge in [-0.1, -0.05) is 6.07 Å². The average molecular weight is 316 g/mol. The van der Waals surface area contributed by atoms with Crippen LogP contribution >= 0.6 is 0 Å². The molecule has 2 unspecified atom stereocenters. The van der Waals surface area contributed by atoms with Crippen molar-refractivity contribution in [1.82, 2.24) is 19.7 Å². The van der Waals surface area contributed by atoms with Crippen LogP contribution in [0.15, 0.2) is 24.5 Å². The van der Waals surface area contributed by atoms with Crippen molar-refractivity contribution in [2.75, 3.05) is 32.7 Å². The van der Waals surface area contributed by atoms with E-state index < -0.39 is 0 Å². The van der Waals surface area contributed by atoms with Crippen molar-refractivity contribution in [3.05, 3.63) is 30.1 Å². The summed E-state index contributed by atoms with van der Waals surface area (Å²) < 4.78 is 0. The minimum atomic E-state index is -0.235. The first kappa shape index (κ1) is 15.1. The number of nitrogens with zero attached hydrogens (tertiary/aromatic N) is 4. The zero-order valence-corrected chi connectivity index (χ0v) is 13.6. The quantitative estimate of drug-likeness (QED) is 0.828. The fourth-order valence-electron chi connectivity index (χ4n) is 4.55. The lowest BCUT2D eigenvalue weighted by atomic mass is 9.83. The van der Waals surface area contributed by atoms with Crippen LogP contribution in [-0.4, -0.2) is 81.1 Å². The van der Waals surface area contributed by atoms with Crippen LogP contribution < -0.4 is 0 Å². The van der Waals surface area contributed by atoms with Crippen LogP contribution in [0.3, 0.4) is 0 Å². The van der Waals surface area contributed by atoms with Crippen LogP contribution in [0.2, 0.25) is 0 Å². The maximum Gasteiger partial charge on any atom is 0.219 e. The highest BCUT2D eigenvalue weighted by Gasteiger charge is 2.56. The summed E-state index contributed by atoms with van der Waals surface area (Å²) in [5, 5.41) is 10.1. The van der Waals surface area contributed by atoms with Crippen LogP contribution in [-0.2, 0) is 11.3 Å². The van der Waals surface area contributed by atoms with Crippen molar-refractivity contribution >= 4 is 5.91 Å². The Bertz CT molecular complexity index is 588. The van der Waals surface area contributed by atoms with E-state index in [4.69, 9.17) is 0 Å². The number of carbonyl (C=O) groups excluding carboxylic acids is 1. The number of pyridine rings is 1. The van der Waals surface area contributed by atoms with Crippen molar-refractivity contribution in [3.8, 4) is 0 Å². The standard InChI is InChI=1S/C17H24N4O2/c1-13(22)20-11-17(12-20)10-19(7-14-3-2-4-18-6-14)8-15-5-16(23)9-21(15)17/h2-4,6,15-16,23H,5,7-12H2,1H3. The van der Waals surface area contributed by atoms with E-state index in [1.165, 1.54) is 5.56 Å². The Morgan fingerprint density at radius 2 is 2.22 bits per heavy atom. The van der Waals surface area contributed by atoms with Gasteiger partial charge in [0.15, 0.2) is 0 Å². The molecule has 2 atom stereocenters.